The number of ketones is 1. The molecule has 1 amide bonds. The summed E-state index contributed by atoms with van der Waals surface area (Å²) in [5.74, 6) is -4.71. The van der Waals surface area contributed by atoms with Crippen molar-refractivity contribution in [1.82, 2.24) is 5.16 Å². The minimum absolute atomic E-state index is 0.424. The predicted molar refractivity (Wildman–Crippen MR) is 64.9 cm³/mol. The molecule has 0 aliphatic rings. The molecule has 0 saturated carbocycles. The molecule has 0 aliphatic heterocycles. The Morgan fingerprint density at radius 3 is 1.92 bits per heavy atom. The normalized spacial score (nSPS) is 12.2. The maximum Gasteiger partial charge on any atom is 0.453 e. The van der Waals surface area contributed by atoms with Crippen LogP contribution in [0.2, 0.25) is 0 Å². The largest absolute Gasteiger partial charge is 0.453 e. The number of benzene rings is 1. The zero-order chi connectivity index (χ0) is 18.3. The summed E-state index contributed by atoms with van der Waals surface area (Å²) < 4.78 is 79.4. The van der Waals surface area contributed by atoms with Crippen molar-refractivity contribution in [2.75, 3.05) is 0 Å². The van der Waals surface area contributed by atoms with Gasteiger partial charge in [-0.25, -0.2) is 0 Å². The van der Waals surface area contributed by atoms with Crippen molar-refractivity contribution in [2.45, 2.75) is 12.4 Å². The Balaban J connectivity index is 2.47. The zero-order valence-corrected chi connectivity index (χ0v) is 11.3. The molecular weight excluding hydrogens is 346 g/mol. The number of halogens is 6. The van der Waals surface area contributed by atoms with Crippen molar-refractivity contribution >= 4 is 11.7 Å². The van der Waals surface area contributed by atoms with E-state index in [4.69, 9.17) is 5.73 Å². The second-order valence-electron chi connectivity index (χ2n) is 4.50. The Bertz CT molecular complexity index is 790. The lowest BCUT2D eigenvalue weighted by Gasteiger charge is -2.07. The monoisotopic (exact) mass is 352 g/mol. The van der Waals surface area contributed by atoms with Gasteiger partial charge in [-0.15, -0.1) is 0 Å². The van der Waals surface area contributed by atoms with Gasteiger partial charge in [0.15, 0.2) is 5.69 Å². The molecule has 2 rings (SSSR count). The summed E-state index contributed by atoms with van der Waals surface area (Å²) in [5.41, 5.74) is 1.01. The molecule has 1 aromatic heterocycles. The number of alkyl halides is 6. The number of amides is 1. The van der Waals surface area contributed by atoms with E-state index in [0.717, 1.165) is 12.1 Å². The molecule has 0 atom stereocenters. The maximum absolute atomic E-state index is 12.7. The van der Waals surface area contributed by atoms with E-state index in [2.05, 4.69) is 9.68 Å². The minimum Gasteiger partial charge on any atom is -0.365 e. The first-order valence-corrected chi connectivity index (χ1v) is 6.01. The van der Waals surface area contributed by atoms with Crippen molar-refractivity contribution in [3.05, 3.63) is 52.4 Å². The zero-order valence-electron chi connectivity index (χ0n) is 11.3. The van der Waals surface area contributed by atoms with E-state index in [1.54, 1.807) is 0 Å². The molecule has 2 aromatic rings. The van der Waals surface area contributed by atoms with Crippen LogP contribution in [0.25, 0.3) is 0 Å². The molecule has 5 nitrogen and oxygen atoms in total. The lowest BCUT2D eigenvalue weighted by Crippen LogP contribution is -2.20. The first kappa shape index (κ1) is 17.5. The van der Waals surface area contributed by atoms with Crippen molar-refractivity contribution in [1.29, 1.82) is 0 Å². The Labute approximate surface area is 129 Å². The number of hydrogen-bond donors (Lipinski definition) is 1. The fourth-order valence-electron chi connectivity index (χ4n) is 1.81. The summed E-state index contributed by atoms with van der Waals surface area (Å²) in [6.45, 7) is 0. The average Bonchev–Trinajstić information content (AvgIpc) is 2.90. The number of hydrogen-bond acceptors (Lipinski definition) is 4. The predicted octanol–water partition coefficient (Wildman–Crippen LogP) is 3.04. The molecule has 24 heavy (non-hydrogen) atoms. The van der Waals surface area contributed by atoms with Crippen molar-refractivity contribution in [3.63, 3.8) is 0 Å². The fraction of sp³-hybridized carbons (Fsp3) is 0.154. The molecule has 1 aromatic carbocycles. The molecule has 0 unspecified atom stereocenters. The maximum atomic E-state index is 12.7. The van der Waals surface area contributed by atoms with Gasteiger partial charge in [0.25, 0.3) is 11.7 Å². The van der Waals surface area contributed by atoms with Crippen LogP contribution < -0.4 is 5.73 Å². The fourth-order valence-corrected chi connectivity index (χ4v) is 1.81. The lowest BCUT2D eigenvalue weighted by atomic mass is 10.0. The third-order valence-electron chi connectivity index (χ3n) is 2.89. The number of carbonyl (C=O) groups is 2. The molecule has 11 heteroatoms. The van der Waals surface area contributed by atoms with Crippen molar-refractivity contribution < 1.29 is 40.5 Å². The highest BCUT2D eigenvalue weighted by Crippen LogP contribution is 2.34. The van der Waals surface area contributed by atoms with Crippen LogP contribution in [0.1, 0.15) is 37.7 Å². The SMILES string of the molecule is NC(=O)c1c(C(=O)c2ccc(C(F)(F)F)cc2)noc1C(F)(F)F. The molecular formula is C13H6F6N2O3. The Morgan fingerprint density at radius 1 is 0.958 bits per heavy atom. The molecule has 0 aliphatic carbocycles. The van der Waals surface area contributed by atoms with Gasteiger partial charge in [-0.05, 0) is 12.1 Å². The molecule has 0 radical (unpaired) electrons. The highest BCUT2D eigenvalue weighted by molar-refractivity contribution is 6.14. The van der Waals surface area contributed by atoms with Gasteiger partial charge < -0.3 is 10.3 Å². The van der Waals surface area contributed by atoms with Crippen LogP contribution in [0.15, 0.2) is 28.8 Å². The van der Waals surface area contributed by atoms with E-state index in [1.165, 1.54) is 0 Å². The van der Waals surface area contributed by atoms with Crippen molar-refractivity contribution in [2.24, 2.45) is 5.73 Å². The van der Waals surface area contributed by atoms with Gasteiger partial charge >= 0.3 is 12.4 Å². The second kappa shape index (κ2) is 5.65. The van der Waals surface area contributed by atoms with Crippen LogP contribution in [0.5, 0.6) is 0 Å². The Kier molecular flexibility index (Phi) is 4.12. The summed E-state index contributed by atoms with van der Waals surface area (Å²) in [6, 6.07) is 2.58. The Hall–Kier alpha value is -2.85. The van der Waals surface area contributed by atoms with Gasteiger partial charge in [0.05, 0.1) is 5.56 Å². The van der Waals surface area contributed by atoms with E-state index in [0.29, 0.717) is 12.1 Å². The quantitative estimate of drug-likeness (QED) is 0.680. The highest BCUT2D eigenvalue weighted by Gasteiger charge is 2.43. The summed E-state index contributed by atoms with van der Waals surface area (Å²) in [4.78, 5) is 23.3. The smallest absolute Gasteiger partial charge is 0.365 e. The number of rotatable bonds is 3. The summed E-state index contributed by atoms with van der Waals surface area (Å²) in [5, 5.41) is 2.88. The van der Waals surface area contributed by atoms with Crippen LogP contribution in [0.3, 0.4) is 0 Å². The third-order valence-corrected chi connectivity index (χ3v) is 2.89. The number of nitrogens with zero attached hydrogens (tertiary/aromatic N) is 1. The highest BCUT2D eigenvalue weighted by atomic mass is 19.4. The molecule has 0 saturated heterocycles. The van der Waals surface area contributed by atoms with Crippen molar-refractivity contribution in [3.8, 4) is 0 Å². The van der Waals surface area contributed by atoms with Gasteiger partial charge in [0, 0.05) is 5.56 Å². The molecule has 0 spiro atoms. The van der Waals surface area contributed by atoms with Gasteiger partial charge in [0.1, 0.15) is 5.56 Å². The number of carbonyl (C=O) groups excluding carboxylic acids is 2. The first-order valence-electron chi connectivity index (χ1n) is 6.01. The minimum atomic E-state index is -5.13. The van der Waals surface area contributed by atoms with Gasteiger partial charge in [0.2, 0.25) is 5.78 Å². The van der Waals surface area contributed by atoms with Crippen LogP contribution in [0, 0.1) is 0 Å². The molecule has 0 fully saturated rings. The van der Waals surface area contributed by atoms with E-state index < -0.39 is 52.2 Å². The molecule has 2 N–H and O–H groups in total. The second-order valence-corrected chi connectivity index (χ2v) is 4.50. The number of nitrogens with two attached hydrogens (primary N) is 1. The van der Waals surface area contributed by atoms with E-state index in [-0.39, 0.29) is 0 Å². The summed E-state index contributed by atoms with van der Waals surface area (Å²) >= 11 is 0. The van der Waals surface area contributed by atoms with E-state index in [1.807, 2.05) is 0 Å². The van der Waals surface area contributed by atoms with E-state index >= 15 is 0 Å². The van der Waals surface area contributed by atoms with Crippen LogP contribution >= 0.6 is 0 Å². The van der Waals surface area contributed by atoms with E-state index in [9.17, 15) is 35.9 Å². The first-order chi connectivity index (χ1) is 10.9. The van der Waals surface area contributed by atoms with Gasteiger partial charge in [-0.3, -0.25) is 9.59 Å². The van der Waals surface area contributed by atoms with Gasteiger partial charge in [-0.1, -0.05) is 17.3 Å². The molecule has 1 heterocycles. The Morgan fingerprint density at radius 2 is 1.50 bits per heavy atom. The average molecular weight is 352 g/mol. The molecule has 0 bridgehead atoms. The number of aromatic nitrogens is 1. The third kappa shape index (κ3) is 3.24. The van der Waals surface area contributed by atoms with Crippen LogP contribution in [-0.4, -0.2) is 16.8 Å². The standard InChI is InChI=1S/C13H6F6N2O3/c14-12(15,16)6-3-1-5(2-4-6)9(22)8-7(11(20)23)10(24-21-8)13(17,18)19/h1-4H,(H2,20,23). The molecule has 128 valence electrons. The number of primary amides is 1. The topological polar surface area (TPSA) is 86.2 Å². The summed E-state index contributed by atoms with van der Waals surface area (Å²) in [6.07, 6.45) is -9.78. The lowest BCUT2D eigenvalue weighted by molar-refractivity contribution is -0.155. The van der Waals surface area contributed by atoms with Crippen LogP contribution in [0.4, 0.5) is 26.3 Å². The summed E-state index contributed by atoms with van der Waals surface area (Å²) in [7, 11) is 0. The van der Waals surface area contributed by atoms with Gasteiger partial charge in [-0.2, -0.15) is 26.3 Å². The van der Waals surface area contributed by atoms with Crippen LogP contribution in [-0.2, 0) is 12.4 Å².